The minimum Gasteiger partial charge on any atom is -0.350 e. The van der Waals surface area contributed by atoms with E-state index in [-0.39, 0.29) is 6.54 Å². The van der Waals surface area contributed by atoms with E-state index >= 15 is 0 Å². The van der Waals surface area contributed by atoms with E-state index in [2.05, 4.69) is 16.6 Å². The van der Waals surface area contributed by atoms with Gasteiger partial charge in [-0.15, -0.1) is 10.9 Å². The lowest BCUT2D eigenvalue weighted by molar-refractivity contribution is -0.0822. The number of hydrazine groups is 1. The van der Waals surface area contributed by atoms with Crippen LogP contribution in [0, 0.1) is 0 Å². The van der Waals surface area contributed by atoms with Crippen molar-refractivity contribution in [2.75, 3.05) is 6.54 Å². The summed E-state index contributed by atoms with van der Waals surface area (Å²) in [5.74, 6) is 0. The number of carbonyl (C=O) groups excluding carboxylic acids is 1. The molecule has 0 aliphatic rings. The summed E-state index contributed by atoms with van der Waals surface area (Å²) in [6.07, 6.45) is 1.22. The topological polar surface area (TPSA) is 122 Å². The highest BCUT2D eigenvalue weighted by Gasteiger charge is 2.14. The van der Waals surface area contributed by atoms with Crippen molar-refractivity contribution in [1.82, 2.24) is 10.6 Å². The first kappa shape index (κ1) is 11.8. The number of urea groups is 1. The number of hydrogen-bond donors (Lipinski definition) is 3. The van der Waals surface area contributed by atoms with Gasteiger partial charge >= 0.3 is 16.4 Å². The zero-order chi connectivity index (χ0) is 10.5. The Kier molecular flexibility index (Phi) is 4.34. The maximum Gasteiger partial charge on any atom is 0.415 e. The largest absolute Gasteiger partial charge is 0.415 e. The molecule has 0 aliphatic carbocycles. The first-order valence-electron chi connectivity index (χ1n) is 2.96. The second-order valence-electron chi connectivity index (χ2n) is 1.83. The molecule has 8 nitrogen and oxygen atoms in total. The number of amides is 2. The highest BCUT2D eigenvalue weighted by Crippen LogP contribution is 1.91. The Labute approximate surface area is 74.8 Å². The van der Waals surface area contributed by atoms with Gasteiger partial charge in [-0.25, -0.2) is 10.2 Å². The number of hydroxylamine groups is 1. The van der Waals surface area contributed by atoms with Gasteiger partial charge in [0, 0.05) is 0 Å². The summed E-state index contributed by atoms with van der Waals surface area (Å²) in [5, 5.41) is 0.407. The molecular weight excluding hydrogens is 202 g/mol. The minimum absolute atomic E-state index is 0.164. The predicted octanol–water partition coefficient (Wildman–Crippen LogP) is -1.21. The van der Waals surface area contributed by atoms with Crippen molar-refractivity contribution in [1.29, 1.82) is 0 Å². The highest BCUT2D eigenvalue weighted by atomic mass is 32.3. The molecule has 0 radical (unpaired) electrons. The molecule has 0 rings (SSSR count). The Morgan fingerprint density at radius 3 is 2.62 bits per heavy atom. The average molecular weight is 211 g/mol. The molecule has 2 amide bonds. The van der Waals surface area contributed by atoms with Gasteiger partial charge in [0.15, 0.2) is 0 Å². The molecule has 0 aliphatic heterocycles. The molecule has 13 heavy (non-hydrogen) atoms. The Balaban J connectivity index is 4.25. The fraction of sp³-hybridized carbons (Fsp3) is 0.250. The summed E-state index contributed by atoms with van der Waals surface area (Å²) in [7, 11) is -4.68. The van der Waals surface area contributed by atoms with Crippen molar-refractivity contribution in [2.24, 2.45) is 5.73 Å². The Morgan fingerprint density at radius 2 is 2.31 bits per heavy atom. The molecule has 0 spiro atoms. The van der Waals surface area contributed by atoms with Gasteiger partial charge in [-0.2, -0.15) is 8.42 Å². The molecule has 0 fully saturated rings. The normalized spacial score (nSPS) is 11.2. The van der Waals surface area contributed by atoms with E-state index in [4.69, 9.17) is 4.55 Å². The SMILES string of the molecule is C=CCN(NC(N)=O)OS(=O)(=O)O. The van der Waals surface area contributed by atoms with Crippen molar-refractivity contribution >= 4 is 16.4 Å². The third-order valence-electron chi connectivity index (χ3n) is 0.714. The zero-order valence-corrected chi connectivity index (χ0v) is 7.32. The van der Waals surface area contributed by atoms with Crippen LogP contribution in [0.3, 0.4) is 0 Å². The molecule has 0 unspecified atom stereocenters. The molecule has 0 heterocycles. The van der Waals surface area contributed by atoms with Gasteiger partial charge in [0.05, 0.1) is 6.54 Å². The summed E-state index contributed by atoms with van der Waals surface area (Å²) >= 11 is 0. The number of nitrogens with zero attached hydrogens (tertiary/aromatic N) is 1. The van der Waals surface area contributed by atoms with E-state index in [9.17, 15) is 13.2 Å². The zero-order valence-electron chi connectivity index (χ0n) is 6.50. The average Bonchev–Trinajstić information content (AvgIpc) is 1.81. The van der Waals surface area contributed by atoms with Crippen molar-refractivity contribution < 1.29 is 22.0 Å². The Morgan fingerprint density at radius 1 is 1.77 bits per heavy atom. The van der Waals surface area contributed by atoms with E-state index in [1.807, 2.05) is 0 Å². The number of rotatable bonds is 5. The van der Waals surface area contributed by atoms with Crippen LogP contribution in [-0.4, -0.2) is 30.7 Å². The lowest BCUT2D eigenvalue weighted by atomic mass is 10.6. The molecule has 9 heteroatoms. The third-order valence-corrected chi connectivity index (χ3v) is 1.08. The van der Waals surface area contributed by atoms with Crippen LogP contribution in [0.25, 0.3) is 0 Å². The van der Waals surface area contributed by atoms with Gasteiger partial charge < -0.3 is 5.73 Å². The van der Waals surface area contributed by atoms with Gasteiger partial charge in [-0.3, -0.25) is 4.55 Å². The van der Waals surface area contributed by atoms with Crippen LogP contribution < -0.4 is 11.2 Å². The minimum atomic E-state index is -4.68. The summed E-state index contributed by atoms with van der Waals surface area (Å²) in [6, 6.07) is -1.04. The van der Waals surface area contributed by atoms with E-state index in [0.717, 1.165) is 0 Å². The molecule has 0 saturated carbocycles. The summed E-state index contributed by atoms with van der Waals surface area (Å²) in [5.41, 5.74) is 6.44. The van der Waals surface area contributed by atoms with Gasteiger partial charge in [0.25, 0.3) is 0 Å². The van der Waals surface area contributed by atoms with E-state index in [0.29, 0.717) is 5.17 Å². The van der Waals surface area contributed by atoms with E-state index < -0.39 is 16.4 Å². The van der Waals surface area contributed by atoms with Crippen molar-refractivity contribution in [2.45, 2.75) is 0 Å². The standard InChI is InChI=1S/C4H9N3O5S/c1-2-3-7(6-4(5)8)12-13(9,10)11/h2H,1,3H2,(H3,5,6,8)(H,9,10,11). The van der Waals surface area contributed by atoms with Crippen LogP contribution in [0.5, 0.6) is 0 Å². The summed E-state index contributed by atoms with van der Waals surface area (Å²) < 4.78 is 32.4. The number of nitrogens with two attached hydrogens (primary N) is 1. The number of hydrogen-bond acceptors (Lipinski definition) is 5. The van der Waals surface area contributed by atoms with Crippen LogP contribution in [-0.2, 0) is 14.7 Å². The van der Waals surface area contributed by atoms with Gasteiger partial charge in [0.1, 0.15) is 0 Å². The van der Waals surface area contributed by atoms with Crippen molar-refractivity contribution in [3.05, 3.63) is 12.7 Å². The lowest BCUT2D eigenvalue weighted by Crippen LogP contribution is -2.45. The first-order valence-corrected chi connectivity index (χ1v) is 4.33. The maximum absolute atomic E-state index is 10.2. The molecule has 0 aromatic carbocycles. The molecule has 4 N–H and O–H groups in total. The number of nitrogens with one attached hydrogen (secondary N) is 1. The Bertz CT molecular complexity index is 286. The summed E-state index contributed by atoms with van der Waals surface area (Å²) in [4.78, 5) is 10.2. The fourth-order valence-electron chi connectivity index (χ4n) is 0.449. The van der Waals surface area contributed by atoms with Gasteiger partial charge in [-0.05, 0) is 0 Å². The van der Waals surface area contributed by atoms with Crippen LogP contribution >= 0.6 is 0 Å². The predicted molar refractivity (Wildman–Crippen MR) is 42.3 cm³/mol. The monoisotopic (exact) mass is 211 g/mol. The van der Waals surface area contributed by atoms with E-state index in [1.165, 1.54) is 6.08 Å². The Hall–Kier alpha value is -1.16. The van der Waals surface area contributed by atoms with Crippen LogP contribution in [0.2, 0.25) is 0 Å². The van der Waals surface area contributed by atoms with Crippen molar-refractivity contribution in [3.8, 4) is 0 Å². The summed E-state index contributed by atoms with van der Waals surface area (Å²) in [6.45, 7) is 3.08. The highest BCUT2D eigenvalue weighted by molar-refractivity contribution is 7.80. The molecule has 0 aromatic heterocycles. The quantitative estimate of drug-likeness (QED) is 0.298. The molecule has 0 aromatic rings. The van der Waals surface area contributed by atoms with Crippen LogP contribution in [0.1, 0.15) is 0 Å². The number of primary amides is 1. The second kappa shape index (κ2) is 4.77. The van der Waals surface area contributed by atoms with Crippen molar-refractivity contribution in [3.63, 3.8) is 0 Å². The van der Waals surface area contributed by atoms with Gasteiger partial charge in [0.2, 0.25) is 0 Å². The van der Waals surface area contributed by atoms with Crippen LogP contribution in [0.15, 0.2) is 12.7 Å². The fourth-order valence-corrected chi connectivity index (χ4v) is 0.774. The first-order chi connectivity index (χ1) is 5.85. The smallest absolute Gasteiger partial charge is 0.350 e. The van der Waals surface area contributed by atoms with E-state index in [1.54, 1.807) is 5.43 Å². The third kappa shape index (κ3) is 7.21. The molecule has 0 saturated heterocycles. The molecular formula is C4H9N3O5S. The number of carbonyl (C=O) groups is 1. The lowest BCUT2D eigenvalue weighted by Gasteiger charge is -2.16. The van der Waals surface area contributed by atoms with Crippen LogP contribution in [0.4, 0.5) is 4.79 Å². The second-order valence-corrected chi connectivity index (χ2v) is 2.83. The molecule has 0 atom stereocenters. The van der Waals surface area contributed by atoms with Gasteiger partial charge in [-0.1, -0.05) is 11.2 Å². The molecule has 0 bridgehead atoms. The molecule has 76 valence electrons. The maximum atomic E-state index is 10.2.